The molecule has 0 atom stereocenters. The molecule has 3 rings (SSSR count). The Labute approximate surface area is 194 Å². The number of hydrogen-bond donors (Lipinski definition) is 1. The third kappa shape index (κ3) is 5.92. The van der Waals surface area contributed by atoms with Crippen molar-refractivity contribution in [3.63, 3.8) is 0 Å². The number of amides is 2. The number of carbonyl (C=O) groups excluding carboxylic acids is 2. The molecule has 0 spiro atoms. The molecule has 1 aromatic carbocycles. The van der Waals surface area contributed by atoms with E-state index in [9.17, 15) is 9.59 Å². The van der Waals surface area contributed by atoms with E-state index in [4.69, 9.17) is 0 Å². The Morgan fingerprint density at radius 1 is 1.03 bits per heavy atom. The van der Waals surface area contributed by atoms with Crippen molar-refractivity contribution in [3.05, 3.63) is 24.3 Å². The van der Waals surface area contributed by atoms with Crippen LogP contribution in [0.25, 0.3) is 0 Å². The van der Waals surface area contributed by atoms with Crippen molar-refractivity contribution in [2.45, 2.75) is 103 Å². The first-order valence-electron chi connectivity index (χ1n) is 12.9. The second kappa shape index (κ2) is 11.8. The molecule has 1 aliphatic carbocycles. The van der Waals surface area contributed by atoms with Crippen molar-refractivity contribution >= 4 is 23.7 Å². The molecule has 0 bridgehead atoms. The maximum absolute atomic E-state index is 13.0. The fraction of sp³-hybridized carbons (Fsp3) is 0.704. The summed E-state index contributed by atoms with van der Waals surface area (Å²) in [5, 5.41) is 3.13. The van der Waals surface area contributed by atoms with E-state index in [2.05, 4.69) is 24.1 Å². The molecule has 1 heterocycles. The summed E-state index contributed by atoms with van der Waals surface area (Å²) in [5.41, 5.74) is 1.15. The van der Waals surface area contributed by atoms with E-state index in [1.807, 2.05) is 36.1 Å². The van der Waals surface area contributed by atoms with Crippen LogP contribution in [0.4, 0.5) is 11.4 Å². The molecule has 1 saturated carbocycles. The van der Waals surface area contributed by atoms with Gasteiger partial charge in [-0.25, -0.2) is 0 Å². The zero-order valence-electron chi connectivity index (χ0n) is 20.4. The van der Waals surface area contributed by atoms with Crippen molar-refractivity contribution in [2.24, 2.45) is 5.41 Å². The Morgan fingerprint density at radius 3 is 2.22 bits per heavy atom. The van der Waals surface area contributed by atoms with Gasteiger partial charge >= 0.3 is 0 Å². The summed E-state index contributed by atoms with van der Waals surface area (Å²) in [6.45, 7) is 8.22. The first-order chi connectivity index (χ1) is 15.5. The number of piperidine rings is 1. The molecule has 1 saturated heterocycles. The molecule has 2 aliphatic rings. The Hall–Kier alpha value is -1.88. The van der Waals surface area contributed by atoms with Crippen LogP contribution < -0.4 is 10.2 Å². The van der Waals surface area contributed by atoms with E-state index >= 15 is 0 Å². The second-order valence-electron chi connectivity index (χ2n) is 10.0. The highest BCUT2D eigenvalue weighted by molar-refractivity contribution is 5.99. The summed E-state index contributed by atoms with van der Waals surface area (Å²) >= 11 is 0. The van der Waals surface area contributed by atoms with E-state index in [-0.39, 0.29) is 11.9 Å². The van der Waals surface area contributed by atoms with Crippen LogP contribution in [0.3, 0.4) is 0 Å². The van der Waals surface area contributed by atoms with E-state index < -0.39 is 5.41 Å². The third-order valence-corrected chi connectivity index (χ3v) is 8.14. The number of hydrogen-bond acceptors (Lipinski definition) is 3. The highest BCUT2D eigenvalue weighted by Crippen LogP contribution is 2.33. The smallest absolute Gasteiger partial charge is 0.230 e. The van der Waals surface area contributed by atoms with Gasteiger partial charge in [-0.05, 0) is 50.7 Å². The van der Waals surface area contributed by atoms with Crippen molar-refractivity contribution in [3.8, 4) is 0 Å². The lowest BCUT2D eigenvalue weighted by atomic mass is 9.83. The topological polar surface area (TPSA) is 52.7 Å². The second-order valence-corrected chi connectivity index (χ2v) is 10.0. The van der Waals surface area contributed by atoms with Crippen LogP contribution in [0.1, 0.15) is 91.4 Å². The molecule has 1 N–H and O–H groups in total. The minimum atomic E-state index is -0.401. The highest BCUT2D eigenvalue weighted by atomic mass is 16.2. The van der Waals surface area contributed by atoms with Crippen LogP contribution in [-0.2, 0) is 9.59 Å². The number of likely N-dealkylation sites (tertiary alicyclic amines) is 1. The molecular formula is C27H43N3O2. The van der Waals surface area contributed by atoms with Crippen LogP contribution in [0.5, 0.6) is 0 Å². The van der Waals surface area contributed by atoms with Gasteiger partial charge in [0.15, 0.2) is 0 Å². The lowest BCUT2D eigenvalue weighted by Crippen LogP contribution is -2.48. The first kappa shape index (κ1) is 24.8. The van der Waals surface area contributed by atoms with Gasteiger partial charge in [0.05, 0.1) is 11.4 Å². The van der Waals surface area contributed by atoms with Gasteiger partial charge in [0.1, 0.15) is 0 Å². The number of nitrogens with one attached hydrogen (secondary N) is 1. The Bertz CT molecular complexity index is 730. The van der Waals surface area contributed by atoms with Crippen molar-refractivity contribution in [2.75, 3.05) is 23.3 Å². The summed E-state index contributed by atoms with van der Waals surface area (Å²) in [7, 11) is 0. The van der Waals surface area contributed by atoms with E-state index in [0.717, 1.165) is 56.6 Å². The monoisotopic (exact) mass is 441 g/mol. The largest absolute Gasteiger partial charge is 0.324 e. The number of anilines is 2. The Morgan fingerprint density at radius 2 is 1.62 bits per heavy atom. The highest BCUT2D eigenvalue weighted by Gasteiger charge is 2.32. The zero-order chi connectivity index (χ0) is 23.0. The van der Waals surface area contributed by atoms with Gasteiger partial charge in [0.25, 0.3) is 0 Å². The zero-order valence-corrected chi connectivity index (χ0v) is 20.4. The van der Waals surface area contributed by atoms with E-state index in [1.54, 1.807) is 0 Å². The van der Waals surface area contributed by atoms with Gasteiger partial charge in [-0.2, -0.15) is 0 Å². The fourth-order valence-corrected chi connectivity index (χ4v) is 5.32. The molecule has 5 nitrogen and oxygen atoms in total. The van der Waals surface area contributed by atoms with Gasteiger partial charge in [0, 0.05) is 30.6 Å². The summed E-state index contributed by atoms with van der Waals surface area (Å²) in [6.07, 6.45) is 14.0. The lowest BCUT2D eigenvalue weighted by Gasteiger charge is -2.41. The molecule has 2 fully saturated rings. The molecule has 1 aliphatic heterocycles. The minimum Gasteiger partial charge on any atom is -0.324 e. The van der Waals surface area contributed by atoms with Crippen molar-refractivity contribution in [1.82, 2.24) is 4.90 Å². The van der Waals surface area contributed by atoms with Crippen LogP contribution >= 0.6 is 0 Å². The van der Waals surface area contributed by atoms with Crippen molar-refractivity contribution < 1.29 is 9.59 Å². The third-order valence-electron chi connectivity index (χ3n) is 8.14. The summed E-state index contributed by atoms with van der Waals surface area (Å²) in [4.78, 5) is 29.7. The summed E-state index contributed by atoms with van der Waals surface area (Å²) < 4.78 is 0. The Balaban J connectivity index is 1.67. The molecular weight excluding hydrogens is 398 g/mol. The lowest BCUT2D eigenvalue weighted by molar-refractivity contribution is -0.125. The maximum Gasteiger partial charge on any atom is 0.230 e. The predicted octanol–water partition coefficient (Wildman–Crippen LogP) is 5.99. The summed E-state index contributed by atoms with van der Waals surface area (Å²) in [6, 6.07) is 8.64. The number of carbonyl (C=O) groups is 2. The number of nitrogens with zero attached hydrogens (tertiary/aromatic N) is 2. The van der Waals surface area contributed by atoms with Gasteiger partial charge < -0.3 is 15.1 Å². The minimum absolute atomic E-state index is 0.0277. The van der Waals surface area contributed by atoms with Gasteiger partial charge in [-0.1, -0.05) is 65.0 Å². The number of rotatable bonds is 8. The Kier molecular flexibility index (Phi) is 9.15. The van der Waals surface area contributed by atoms with Crippen LogP contribution in [0.2, 0.25) is 0 Å². The van der Waals surface area contributed by atoms with Crippen LogP contribution in [0.15, 0.2) is 24.3 Å². The first-order valence-corrected chi connectivity index (χ1v) is 12.9. The van der Waals surface area contributed by atoms with E-state index in [0.29, 0.717) is 6.04 Å². The average Bonchev–Trinajstić information content (AvgIpc) is 2.80. The average molecular weight is 442 g/mol. The summed E-state index contributed by atoms with van der Waals surface area (Å²) in [5.74, 6) is 0.0277. The van der Waals surface area contributed by atoms with Crippen molar-refractivity contribution in [1.29, 1.82) is 0 Å². The number of para-hydroxylation sites is 2. The molecule has 2 amide bonds. The molecule has 0 aromatic heterocycles. The maximum atomic E-state index is 13.0. The van der Waals surface area contributed by atoms with Gasteiger partial charge in [0.2, 0.25) is 12.3 Å². The predicted molar refractivity (Wildman–Crippen MR) is 133 cm³/mol. The molecule has 32 heavy (non-hydrogen) atoms. The van der Waals surface area contributed by atoms with Gasteiger partial charge in [-0.3, -0.25) is 9.59 Å². The normalized spacial score (nSPS) is 19.7. The van der Waals surface area contributed by atoms with Gasteiger partial charge in [-0.15, -0.1) is 0 Å². The standard InChI is InChI=1S/C27H43N3O2/c1-4-27(3,5-2)26(32)28-24-15-11-12-16-25(24)30(21-31)23-17-19-29(20-18-23)22-13-9-7-6-8-10-14-22/h11-12,15-16,21-23H,4-10,13-14,17-20H2,1-3H3,(H,28,32). The number of benzene rings is 1. The molecule has 5 heteroatoms. The molecule has 1 aromatic rings. The SMILES string of the molecule is CCC(C)(CC)C(=O)Nc1ccccc1N(C=O)C1CCN(C2CCCCCCC2)CC1. The van der Waals surface area contributed by atoms with E-state index in [1.165, 1.54) is 44.9 Å². The molecule has 178 valence electrons. The molecule has 0 unspecified atom stereocenters. The van der Waals surface area contributed by atoms with Crippen LogP contribution in [-0.4, -0.2) is 42.4 Å². The quantitative estimate of drug-likeness (QED) is 0.504. The van der Waals surface area contributed by atoms with Crippen LogP contribution in [0, 0.1) is 5.41 Å². The fourth-order valence-electron chi connectivity index (χ4n) is 5.32. The molecule has 0 radical (unpaired) electrons.